The van der Waals surface area contributed by atoms with Crippen molar-refractivity contribution in [2.75, 3.05) is 7.05 Å². The number of aromatic nitrogens is 2. The van der Waals surface area contributed by atoms with Crippen LogP contribution < -0.4 is 0 Å². The molecular weight excluding hydrogens is 352 g/mol. The van der Waals surface area contributed by atoms with Crippen LogP contribution in [0.1, 0.15) is 27.2 Å². The molecule has 1 aromatic carbocycles. The number of amides is 1. The number of carbonyl (C=O) groups excluding carboxylic acids is 1. The normalized spacial score (nSPS) is 12.1. The average Bonchev–Trinajstić information content (AvgIpc) is 2.53. The van der Waals surface area contributed by atoms with Crippen LogP contribution in [0.5, 0.6) is 0 Å². The van der Waals surface area contributed by atoms with Crippen LogP contribution in [0.4, 0.5) is 26.3 Å². The quantitative estimate of drug-likeness (QED) is 0.780. The summed E-state index contributed by atoms with van der Waals surface area (Å²) in [5.41, 5.74) is -3.19. The van der Waals surface area contributed by atoms with Crippen LogP contribution in [0.25, 0.3) is 0 Å². The molecule has 0 fully saturated rings. The van der Waals surface area contributed by atoms with Crippen LogP contribution in [0, 0.1) is 0 Å². The van der Waals surface area contributed by atoms with Crippen molar-refractivity contribution in [3.63, 3.8) is 0 Å². The van der Waals surface area contributed by atoms with Crippen LogP contribution in [-0.4, -0.2) is 27.8 Å². The number of benzene rings is 1. The molecule has 0 N–H and O–H groups in total. The lowest BCUT2D eigenvalue weighted by atomic mass is 10.0. The molecule has 1 amide bonds. The highest BCUT2D eigenvalue weighted by Gasteiger charge is 2.37. The lowest BCUT2D eigenvalue weighted by Crippen LogP contribution is -2.27. The molecule has 0 radical (unpaired) electrons. The van der Waals surface area contributed by atoms with Crippen molar-refractivity contribution < 1.29 is 31.1 Å². The van der Waals surface area contributed by atoms with Crippen molar-refractivity contribution in [2.45, 2.75) is 18.9 Å². The van der Waals surface area contributed by atoms with Gasteiger partial charge in [0.1, 0.15) is 12.0 Å². The van der Waals surface area contributed by atoms with Gasteiger partial charge in [-0.25, -0.2) is 9.97 Å². The maximum atomic E-state index is 12.8. The molecule has 0 aliphatic rings. The third-order valence-electron chi connectivity index (χ3n) is 3.21. The van der Waals surface area contributed by atoms with Crippen molar-refractivity contribution in [1.82, 2.24) is 14.9 Å². The van der Waals surface area contributed by atoms with Crippen molar-refractivity contribution in [3.05, 3.63) is 59.2 Å². The Morgan fingerprint density at radius 3 is 2.04 bits per heavy atom. The van der Waals surface area contributed by atoms with Crippen LogP contribution in [0.2, 0.25) is 0 Å². The first kappa shape index (κ1) is 18.7. The summed E-state index contributed by atoms with van der Waals surface area (Å²) in [5, 5.41) is 0. The third kappa shape index (κ3) is 4.68. The molecule has 10 heteroatoms. The van der Waals surface area contributed by atoms with Crippen molar-refractivity contribution in [2.24, 2.45) is 0 Å². The smallest absolute Gasteiger partial charge is 0.336 e. The summed E-state index contributed by atoms with van der Waals surface area (Å²) in [6.07, 6.45) is -7.48. The van der Waals surface area contributed by atoms with Gasteiger partial charge in [-0.2, -0.15) is 26.3 Å². The van der Waals surface area contributed by atoms with Gasteiger partial charge in [-0.1, -0.05) is 0 Å². The fourth-order valence-corrected chi connectivity index (χ4v) is 2.07. The van der Waals surface area contributed by atoms with E-state index in [9.17, 15) is 31.1 Å². The molecule has 0 saturated carbocycles. The van der Waals surface area contributed by atoms with Crippen molar-refractivity contribution in [1.29, 1.82) is 0 Å². The third-order valence-corrected chi connectivity index (χ3v) is 3.21. The first-order valence-electron chi connectivity index (χ1n) is 6.78. The fraction of sp³-hybridized carbons (Fsp3) is 0.267. The Bertz CT molecular complexity index is 726. The van der Waals surface area contributed by atoms with Gasteiger partial charge in [0.2, 0.25) is 0 Å². The number of carbonyl (C=O) groups is 1. The summed E-state index contributed by atoms with van der Waals surface area (Å²) in [4.78, 5) is 20.4. The molecule has 2 rings (SSSR count). The highest BCUT2D eigenvalue weighted by Crippen LogP contribution is 2.36. The summed E-state index contributed by atoms with van der Waals surface area (Å²) in [6, 6.07) is 2.49. The zero-order valence-corrected chi connectivity index (χ0v) is 12.7. The summed E-state index contributed by atoms with van der Waals surface area (Å²) in [7, 11) is 1.25. The summed E-state index contributed by atoms with van der Waals surface area (Å²) in [6.45, 7) is -0.449. The lowest BCUT2D eigenvalue weighted by molar-refractivity contribution is -0.143. The fourth-order valence-electron chi connectivity index (χ4n) is 2.07. The van der Waals surface area contributed by atoms with Gasteiger partial charge in [0, 0.05) is 19.8 Å². The Balaban J connectivity index is 2.33. The first-order chi connectivity index (χ1) is 11.5. The number of halogens is 6. The summed E-state index contributed by atoms with van der Waals surface area (Å²) in [5.74, 6) is -0.659. The van der Waals surface area contributed by atoms with Crippen LogP contribution in [0.15, 0.2) is 36.8 Å². The van der Waals surface area contributed by atoms with Crippen LogP contribution >= 0.6 is 0 Å². The Hall–Kier alpha value is -2.65. The molecule has 25 heavy (non-hydrogen) atoms. The second kappa shape index (κ2) is 6.69. The SMILES string of the molecule is CN(Cc1cc(C(F)(F)F)cc(C(F)(F)F)c1)C(=O)c1ccncn1. The molecule has 134 valence electrons. The Morgan fingerprint density at radius 1 is 1.04 bits per heavy atom. The standard InChI is InChI=1S/C15H11F6N3O/c1-24(13(25)12-2-3-22-8-23-12)7-9-4-10(14(16,17)18)6-11(5-9)15(19,20)21/h2-6,8H,7H2,1H3. The molecule has 0 atom stereocenters. The van der Waals surface area contributed by atoms with Gasteiger partial charge in [-0.05, 0) is 29.8 Å². The molecule has 4 nitrogen and oxygen atoms in total. The van der Waals surface area contributed by atoms with Gasteiger partial charge in [0.05, 0.1) is 11.1 Å². The molecule has 2 aromatic rings. The predicted molar refractivity (Wildman–Crippen MR) is 74.3 cm³/mol. The molecular formula is C15H11F6N3O. The minimum Gasteiger partial charge on any atom is -0.336 e. The lowest BCUT2D eigenvalue weighted by Gasteiger charge is -2.19. The number of alkyl halides is 6. The average molecular weight is 363 g/mol. The number of nitrogens with zero attached hydrogens (tertiary/aromatic N) is 3. The molecule has 0 saturated heterocycles. The highest BCUT2D eigenvalue weighted by molar-refractivity contribution is 5.91. The van der Waals surface area contributed by atoms with Gasteiger partial charge < -0.3 is 4.90 Å². The summed E-state index contributed by atoms with van der Waals surface area (Å²) >= 11 is 0. The van der Waals surface area contributed by atoms with Gasteiger partial charge in [-0.3, -0.25) is 4.79 Å². The second-order valence-electron chi connectivity index (χ2n) is 5.17. The largest absolute Gasteiger partial charge is 0.416 e. The van der Waals surface area contributed by atoms with Gasteiger partial charge >= 0.3 is 12.4 Å². The minimum absolute atomic E-state index is 0.0273. The van der Waals surface area contributed by atoms with Crippen molar-refractivity contribution >= 4 is 5.91 Å². The van der Waals surface area contributed by atoms with Gasteiger partial charge in [0.25, 0.3) is 5.91 Å². The predicted octanol–water partition coefficient (Wildman–Crippen LogP) is 3.79. The van der Waals surface area contributed by atoms with Gasteiger partial charge in [-0.15, -0.1) is 0 Å². The maximum Gasteiger partial charge on any atom is 0.416 e. The monoisotopic (exact) mass is 363 g/mol. The topological polar surface area (TPSA) is 46.1 Å². The highest BCUT2D eigenvalue weighted by atomic mass is 19.4. The van der Waals surface area contributed by atoms with E-state index in [0.717, 1.165) is 11.2 Å². The molecule has 0 aliphatic heterocycles. The van der Waals surface area contributed by atoms with E-state index in [-0.39, 0.29) is 17.3 Å². The Morgan fingerprint density at radius 2 is 1.60 bits per heavy atom. The number of hydrogen-bond acceptors (Lipinski definition) is 3. The Labute approximate surface area is 138 Å². The van der Waals surface area contributed by atoms with E-state index in [4.69, 9.17) is 0 Å². The van der Waals surface area contributed by atoms with E-state index in [2.05, 4.69) is 9.97 Å². The molecule has 0 unspecified atom stereocenters. The van der Waals surface area contributed by atoms with Crippen LogP contribution in [0.3, 0.4) is 0 Å². The second-order valence-corrected chi connectivity index (χ2v) is 5.17. The maximum absolute atomic E-state index is 12.8. The van der Waals surface area contributed by atoms with Gasteiger partial charge in [0.15, 0.2) is 0 Å². The van der Waals surface area contributed by atoms with E-state index < -0.39 is 35.9 Å². The van der Waals surface area contributed by atoms with Crippen molar-refractivity contribution in [3.8, 4) is 0 Å². The minimum atomic E-state index is -4.94. The van der Waals surface area contributed by atoms with E-state index in [1.165, 1.54) is 19.3 Å². The Kier molecular flexibility index (Phi) is 5.00. The van der Waals surface area contributed by atoms with E-state index in [1.807, 2.05) is 0 Å². The van der Waals surface area contributed by atoms with E-state index in [1.54, 1.807) is 0 Å². The molecule has 0 spiro atoms. The van der Waals surface area contributed by atoms with E-state index in [0.29, 0.717) is 12.1 Å². The summed E-state index contributed by atoms with van der Waals surface area (Å²) < 4.78 is 77.0. The zero-order valence-electron chi connectivity index (χ0n) is 12.7. The zero-order chi connectivity index (χ0) is 18.8. The molecule has 0 bridgehead atoms. The first-order valence-corrected chi connectivity index (χ1v) is 6.78. The van der Waals surface area contributed by atoms with Crippen LogP contribution in [-0.2, 0) is 18.9 Å². The number of hydrogen-bond donors (Lipinski definition) is 0. The van der Waals surface area contributed by atoms with E-state index >= 15 is 0 Å². The number of rotatable bonds is 3. The molecule has 0 aliphatic carbocycles. The molecule has 1 aromatic heterocycles. The molecule has 1 heterocycles.